The van der Waals surface area contributed by atoms with Gasteiger partial charge in [0.25, 0.3) is 0 Å². The lowest BCUT2D eigenvalue weighted by molar-refractivity contribution is -0.118. The summed E-state index contributed by atoms with van der Waals surface area (Å²) >= 11 is 1.42. The molecule has 2 aromatic carbocycles. The number of hydrogen-bond donors (Lipinski definition) is 1. The second-order valence-corrected chi connectivity index (χ2v) is 6.81. The molecule has 7 heteroatoms. The number of aryl methyl sites for hydroxylation is 1. The molecular formula is C19H17N3O3S. The van der Waals surface area contributed by atoms with Crippen LogP contribution in [0.25, 0.3) is 10.9 Å². The van der Waals surface area contributed by atoms with E-state index in [1.54, 1.807) is 0 Å². The lowest BCUT2D eigenvalue weighted by Crippen LogP contribution is -2.24. The topological polar surface area (TPSA) is 73.3 Å². The smallest absolute Gasteiger partial charge is 0.231 e. The molecule has 132 valence electrons. The number of nitrogens with one attached hydrogen (secondary N) is 1. The predicted octanol–water partition coefficient (Wildman–Crippen LogP) is 3.08. The van der Waals surface area contributed by atoms with Crippen LogP contribution in [-0.4, -0.2) is 28.4 Å². The fourth-order valence-corrected chi connectivity index (χ4v) is 3.60. The van der Waals surface area contributed by atoms with Crippen LogP contribution in [0.5, 0.6) is 11.5 Å². The number of benzene rings is 2. The zero-order valence-corrected chi connectivity index (χ0v) is 15.0. The Balaban J connectivity index is 1.37. The van der Waals surface area contributed by atoms with E-state index in [4.69, 9.17) is 9.47 Å². The molecule has 0 fully saturated rings. The maximum absolute atomic E-state index is 12.2. The van der Waals surface area contributed by atoms with Crippen molar-refractivity contribution in [2.45, 2.75) is 18.5 Å². The van der Waals surface area contributed by atoms with Gasteiger partial charge in [0.05, 0.1) is 11.3 Å². The summed E-state index contributed by atoms with van der Waals surface area (Å²) in [6.07, 6.45) is 0. The van der Waals surface area contributed by atoms with Crippen molar-refractivity contribution in [3.63, 3.8) is 0 Å². The molecule has 1 aliphatic heterocycles. The normalized spacial score (nSPS) is 12.3. The fraction of sp³-hybridized carbons (Fsp3) is 0.211. The van der Waals surface area contributed by atoms with Crippen LogP contribution >= 0.6 is 11.8 Å². The van der Waals surface area contributed by atoms with Crippen molar-refractivity contribution in [2.75, 3.05) is 12.5 Å². The Kier molecular flexibility index (Phi) is 4.62. The Labute approximate surface area is 154 Å². The van der Waals surface area contributed by atoms with Crippen LogP contribution in [0.2, 0.25) is 0 Å². The van der Waals surface area contributed by atoms with Gasteiger partial charge in [-0.05, 0) is 30.7 Å². The van der Waals surface area contributed by atoms with Gasteiger partial charge < -0.3 is 14.8 Å². The average Bonchev–Trinajstić information content (AvgIpc) is 3.12. The van der Waals surface area contributed by atoms with Gasteiger partial charge in [0.1, 0.15) is 10.9 Å². The first-order valence-electron chi connectivity index (χ1n) is 8.20. The quantitative estimate of drug-likeness (QED) is 0.552. The number of carbonyl (C=O) groups excluding carboxylic acids is 1. The van der Waals surface area contributed by atoms with Crippen LogP contribution in [0, 0.1) is 6.92 Å². The number of fused-ring (bicyclic) bond motifs is 2. The van der Waals surface area contributed by atoms with E-state index in [0.717, 1.165) is 27.2 Å². The first-order valence-corrected chi connectivity index (χ1v) is 9.19. The minimum absolute atomic E-state index is 0.0481. The molecule has 1 aliphatic rings. The molecule has 2 heterocycles. The maximum atomic E-state index is 12.2. The second kappa shape index (κ2) is 7.21. The molecule has 1 aromatic heterocycles. The number of ether oxygens (including phenoxy) is 2. The molecule has 0 saturated carbocycles. The molecule has 0 radical (unpaired) electrons. The summed E-state index contributed by atoms with van der Waals surface area (Å²) in [7, 11) is 0. The number of rotatable bonds is 5. The maximum Gasteiger partial charge on any atom is 0.231 e. The van der Waals surface area contributed by atoms with Crippen molar-refractivity contribution in [1.82, 2.24) is 15.3 Å². The standard InChI is InChI=1S/C19H17N3O3S/c1-12-21-15-5-3-2-4-14(15)19(22-12)26-10-18(23)20-9-13-6-7-16-17(8-13)25-11-24-16/h2-8H,9-11H2,1H3,(H,20,23). The Morgan fingerprint density at radius 2 is 2.00 bits per heavy atom. The minimum atomic E-state index is -0.0481. The first-order chi connectivity index (χ1) is 12.7. The summed E-state index contributed by atoms with van der Waals surface area (Å²) in [5, 5.41) is 4.71. The zero-order valence-electron chi connectivity index (χ0n) is 14.2. The highest BCUT2D eigenvalue weighted by Gasteiger charge is 2.14. The van der Waals surface area contributed by atoms with Gasteiger partial charge >= 0.3 is 0 Å². The van der Waals surface area contributed by atoms with Gasteiger partial charge in [0.2, 0.25) is 12.7 Å². The second-order valence-electron chi connectivity index (χ2n) is 5.85. The van der Waals surface area contributed by atoms with Gasteiger partial charge in [0, 0.05) is 11.9 Å². The number of nitrogens with zero attached hydrogens (tertiary/aromatic N) is 2. The SMILES string of the molecule is Cc1nc(SCC(=O)NCc2ccc3c(c2)OCO3)c2ccccc2n1. The Hall–Kier alpha value is -2.80. The molecule has 1 N–H and O–H groups in total. The van der Waals surface area contributed by atoms with E-state index in [9.17, 15) is 4.79 Å². The number of hydrogen-bond acceptors (Lipinski definition) is 6. The summed E-state index contributed by atoms with van der Waals surface area (Å²) in [5.74, 6) is 2.40. The van der Waals surface area contributed by atoms with Crippen molar-refractivity contribution in [3.8, 4) is 11.5 Å². The van der Waals surface area contributed by atoms with Gasteiger partial charge in [-0.3, -0.25) is 4.79 Å². The summed E-state index contributed by atoms with van der Waals surface area (Å²) in [4.78, 5) is 21.1. The first kappa shape index (κ1) is 16.7. The van der Waals surface area contributed by atoms with Crippen LogP contribution in [-0.2, 0) is 11.3 Å². The van der Waals surface area contributed by atoms with Crippen molar-refractivity contribution in [3.05, 3.63) is 53.9 Å². The summed E-state index contributed by atoms with van der Waals surface area (Å²) in [5.41, 5.74) is 1.86. The minimum Gasteiger partial charge on any atom is -0.454 e. The van der Waals surface area contributed by atoms with E-state index < -0.39 is 0 Å². The molecule has 0 atom stereocenters. The average molecular weight is 367 g/mol. The van der Waals surface area contributed by atoms with Gasteiger partial charge in [-0.25, -0.2) is 9.97 Å². The lowest BCUT2D eigenvalue weighted by Gasteiger charge is -2.08. The van der Waals surface area contributed by atoms with E-state index in [1.807, 2.05) is 49.4 Å². The Bertz CT molecular complexity index is 977. The number of aromatic nitrogens is 2. The van der Waals surface area contributed by atoms with Crippen molar-refractivity contribution < 1.29 is 14.3 Å². The van der Waals surface area contributed by atoms with Crippen molar-refractivity contribution in [1.29, 1.82) is 0 Å². The molecule has 4 rings (SSSR count). The Morgan fingerprint density at radius 3 is 2.92 bits per heavy atom. The van der Waals surface area contributed by atoms with Crippen LogP contribution in [0.15, 0.2) is 47.5 Å². The number of thioether (sulfide) groups is 1. The molecule has 0 unspecified atom stereocenters. The van der Waals surface area contributed by atoms with Crippen LogP contribution in [0.3, 0.4) is 0 Å². The van der Waals surface area contributed by atoms with Crippen LogP contribution in [0.4, 0.5) is 0 Å². The third-order valence-corrected chi connectivity index (χ3v) is 4.94. The summed E-state index contributed by atoms with van der Waals surface area (Å²) < 4.78 is 10.6. The lowest BCUT2D eigenvalue weighted by atomic mass is 10.2. The summed E-state index contributed by atoms with van der Waals surface area (Å²) in [6, 6.07) is 13.5. The third-order valence-electron chi connectivity index (χ3n) is 3.95. The molecule has 0 spiro atoms. The van der Waals surface area contributed by atoms with E-state index in [0.29, 0.717) is 23.9 Å². The molecule has 1 amide bonds. The fourth-order valence-electron chi connectivity index (χ4n) is 2.71. The molecule has 26 heavy (non-hydrogen) atoms. The molecule has 0 aliphatic carbocycles. The van der Waals surface area contributed by atoms with Crippen molar-refractivity contribution >= 4 is 28.6 Å². The van der Waals surface area contributed by atoms with Gasteiger partial charge in [-0.2, -0.15) is 0 Å². The zero-order chi connectivity index (χ0) is 17.9. The van der Waals surface area contributed by atoms with Gasteiger partial charge in [0.15, 0.2) is 11.5 Å². The van der Waals surface area contributed by atoms with E-state index in [-0.39, 0.29) is 12.7 Å². The Morgan fingerprint density at radius 1 is 1.15 bits per heavy atom. The number of amides is 1. The highest BCUT2D eigenvalue weighted by Crippen LogP contribution is 2.32. The van der Waals surface area contributed by atoms with Gasteiger partial charge in [-0.1, -0.05) is 36.0 Å². The van der Waals surface area contributed by atoms with Crippen LogP contribution in [0.1, 0.15) is 11.4 Å². The predicted molar refractivity (Wildman–Crippen MR) is 99.4 cm³/mol. The molecular weight excluding hydrogens is 350 g/mol. The van der Waals surface area contributed by atoms with E-state index >= 15 is 0 Å². The molecule has 3 aromatic rings. The number of carbonyl (C=O) groups is 1. The highest BCUT2D eigenvalue weighted by molar-refractivity contribution is 8.00. The third kappa shape index (κ3) is 3.57. The largest absolute Gasteiger partial charge is 0.454 e. The monoisotopic (exact) mass is 367 g/mol. The summed E-state index contributed by atoms with van der Waals surface area (Å²) in [6.45, 7) is 2.55. The van der Waals surface area contributed by atoms with E-state index in [1.165, 1.54) is 11.8 Å². The molecule has 0 saturated heterocycles. The van der Waals surface area contributed by atoms with E-state index in [2.05, 4.69) is 15.3 Å². The molecule has 6 nitrogen and oxygen atoms in total. The molecule has 0 bridgehead atoms. The number of para-hydroxylation sites is 1. The van der Waals surface area contributed by atoms with Gasteiger partial charge in [-0.15, -0.1) is 0 Å². The van der Waals surface area contributed by atoms with Crippen LogP contribution < -0.4 is 14.8 Å². The van der Waals surface area contributed by atoms with Crippen molar-refractivity contribution in [2.24, 2.45) is 0 Å². The highest BCUT2D eigenvalue weighted by atomic mass is 32.2.